The quantitative estimate of drug-likeness (QED) is 0.829. The molecule has 2 nitrogen and oxygen atoms in total. The number of rotatable bonds is 5. The van der Waals surface area contributed by atoms with E-state index in [2.05, 4.69) is 42.6 Å². The van der Waals surface area contributed by atoms with Gasteiger partial charge >= 0.3 is 0 Å². The summed E-state index contributed by atoms with van der Waals surface area (Å²) in [7, 11) is 0. The molecule has 20 heavy (non-hydrogen) atoms. The minimum atomic E-state index is -0.291. The zero-order valence-corrected chi connectivity index (χ0v) is 12.5. The van der Waals surface area contributed by atoms with Crippen LogP contribution in [0.5, 0.6) is 0 Å². The van der Waals surface area contributed by atoms with E-state index in [4.69, 9.17) is 0 Å². The number of nitrogens with one attached hydrogen (secondary N) is 1. The molecule has 0 amide bonds. The van der Waals surface area contributed by atoms with Gasteiger partial charge in [0.05, 0.1) is 6.07 Å². The van der Waals surface area contributed by atoms with Crippen LogP contribution >= 0.6 is 11.8 Å². The Kier molecular flexibility index (Phi) is 5.23. The van der Waals surface area contributed by atoms with Crippen molar-refractivity contribution in [3.05, 3.63) is 65.7 Å². The van der Waals surface area contributed by atoms with Crippen LogP contribution in [0.3, 0.4) is 0 Å². The smallest absolute Gasteiger partial charge is 0.121 e. The van der Waals surface area contributed by atoms with E-state index in [-0.39, 0.29) is 12.1 Å². The molecule has 0 aromatic heterocycles. The summed E-state index contributed by atoms with van der Waals surface area (Å²) < 4.78 is 0. The number of hydrogen-bond acceptors (Lipinski definition) is 3. The Labute approximate surface area is 124 Å². The van der Waals surface area contributed by atoms with Crippen LogP contribution < -0.4 is 5.32 Å². The Bertz CT molecular complexity index is 572. The largest absolute Gasteiger partial charge is 0.292 e. The third-order valence-corrected chi connectivity index (χ3v) is 4.04. The molecule has 2 aromatic rings. The fourth-order valence-corrected chi connectivity index (χ4v) is 2.50. The van der Waals surface area contributed by atoms with Crippen LogP contribution in [0.15, 0.2) is 59.5 Å². The van der Waals surface area contributed by atoms with Gasteiger partial charge in [-0.05, 0) is 36.4 Å². The van der Waals surface area contributed by atoms with Gasteiger partial charge in [-0.3, -0.25) is 5.32 Å². The van der Waals surface area contributed by atoms with Gasteiger partial charge in [0.15, 0.2) is 0 Å². The predicted octanol–water partition coefficient (Wildman–Crippen LogP) is 4.32. The molecule has 0 bridgehead atoms. The van der Waals surface area contributed by atoms with E-state index in [1.54, 1.807) is 11.8 Å². The standard InChI is InChI=1S/C17H18N2S/c1-13(14-6-4-3-5-7-14)19-17(12-18)15-8-10-16(20-2)11-9-15/h3-11,13,17,19H,1-2H3. The highest BCUT2D eigenvalue weighted by Gasteiger charge is 2.14. The fourth-order valence-electron chi connectivity index (χ4n) is 2.09. The van der Waals surface area contributed by atoms with Crippen LogP contribution in [0.4, 0.5) is 0 Å². The average Bonchev–Trinajstić information content (AvgIpc) is 2.53. The van der Waals surface area contributed by atoms with Gasteiger partial charge in [-0.1, -0.05) is 42.5 Å². The van der Waals surface area contributed by atoms with Crippen molar-refractivity contribution in [3.8, 4) is 6.07 Å². The first-order chi connectivity index (χ1) is 9.74. The summed E-state index contributed by atoms with van der Waals surface area (Å²) in [5.74, 6) is 0. The van der Waals surface area contributed by atoms with E-state index in [9.17, 15) is 5.26 Å². The van der Waals surface area contributed by atoms with E-state index in [0.717, 1.165) is 5.56 Å². The van der Waals surface area contributed by atoms with Gasteiger partial charge < -0.3 is 0 Å². The molecule has 0 aliphatic carbocycles. The molecule has 2 aromatic carbocycles. The highest BCUT2D eigenvalue weighted by molar-refractivity contribution is 7.98. The second-order valence-electron chi connectivity index (χ2n) is 4.63. The summed E-state index contributed by atoms with van der Waals surface area (Å²) in [6.45, 7) is 2.08. The zero-order chi connectivity index (χ0) is 14.4. The molecule has 0 aliphatic heterocycles. The Morgan fingerprint density at radius 1 is 1.00 bits per heavy atom. The number of nitrogens with zero attached hydrogens (tertiary/aromatic N) is 1. The van der Waals surface area contributed by atoms with E-state index < -0.39 is 0 Å². The van der Waals surface area contributed by atoms with Gasteiger partial charge in [0.2, 0.25) is 0 Å². The van der Waals surface area contributed by atoms with E-state index in [1.165, 1.54) is 10.5 Å². The van der Waals surface area contributed by atoms with E-state index in [1.807, 2.05) is 36.6 Å². The normalized spacial score (nSPS) is 13.4. The zero-order valence-electron chi connectivity index (χ0n) is 11.7. The average molecular weight is 282 g/mol. The lowest BCUT2D eigenvalue weighted by molar-refractivity contribution is 0.533. The van der Waals surface area contributed by atoms with Crippen molar-refractivity contribution in [3.63, 3.8) is 0 Å². The summed E-state index contributed by atoms with van der Waals surface area (Å²) in [5.41, 5.74) is 2.20. The molecule has 3 heteroatoms. The van der Waals surface area contributed by atoms with E-state index in [0.29, 0.717) is 0 Å². The molecule has 0 spiro atoms. The first-order valence-corrected chi connectivity index (χ1v) is 7.81. The predicted molar refractivity (Wildman–Crippen MR) is 84.6 cm³/mol. The molecule has 1 N–H and O–H groups in total. The highest BCUT2D eigenvalue weighted by atomic mass is 32.2. The highest BCUT2D eigenvalue weighted by Crippen LogP contribution is 2.22. The van der Waals surface area contributed by atoms with Gasteiger partial charge in [0.1, 0.15) is 6.04 Å². The summed E-state index contributed by atoms with van der Waals surface area (Å²) >= 11 is 1.70. The van der Waals surface area contributed by atoms with Crippen molar-refractivity contribution >= 4 is 11.8 Å². The Balaban J connectivity index is 2.11. The lowest BCUT2D eigenvalue weighted by Gasteiger charge is -2.19. The van der Waals surface area contributed by atoms with Gasteiger partial charge in [-0.25, -0.2) is 0 Å². The maximum absolute atomic E-state index is 9.38. The summed E-state index contributed by atoms with van der Waals surface area (Å²) in [4.78, 5) is 1.21. The first-order valence-electron chi connectivity index (χ1n) is 6.59. The van der Waals surface area contributed by atoms with Gasteiger partial charge in [0.25, 0.3) is 0 Å². The fraction of sp³-hybridized carbons (Fsp3) is 0.235. The molecule has 2 rings (SSSR count). The van der Waals surface area contributed by atoms with Crippen LogP contribution in [0.2, 0.25) is 0 Å². The number of benzene rings is 2. The maximum atomic E-state index is 9.38. The third-order valence-electron chi connectivity index (χ3n) is 3.29. The van der Waals surface area contributed by atoms with Crippen LogP contribution in [0.25, 0.3) is 0 Å². The van der Waals surface area contributed by atoms with Crippen molar-refractivity contribution in [2.75, 3.05) is 6.26 Å². The molecular weight excluding hydrogens is 264 g/mol. The molecule has 2 unspecified atom stereocenters. The molecule has 0 aliphatic rings. The van der Waals surface area contributed by atoms with Gasteiger partial charge in [-0.15, -0.1) is 11.8 Å². The lowest BCUT2D eigenvalue weighted by Crippen LogP contribution is -2.23. The minimum absolute atomic E-state index is 0.140. The number of thioether (sulfide) groups is 1. The Hall–Kier alpha value is -1.76. The molecule has 2 atom stereocenters. The van der Waals surface area contributed by atoms with Crippen LogP contribution in [-0.2, 0) is 0 Å². The molecule has 0 saturated carbocycles. The van der Waals surface area contributed by atoms with Crippen molar-refractivity contribution in [2.24, 2.45) is 0 Å². The third kappa shape index (κ3) is 3.63. The summed E-state index contributed by atoms with van der Waals surface area (Å²) in [6.07, 6.45) is 2.05. The number of nitriles is 1. The van der Waals surface area contributed by atoms with E-state index >= 15 is 0 Å². The molecule has 0 radical (unpaired) electrons. The molecule has 0 fully saturated rings. The van der Waals surface area contributed by atoms with Crippen molar-refractivity contribution in [2.45, 2.75) is 23.9 Å². The minimum Gasteiger partial charge on any atom is -0.292 e. The van der Waals surface area contributed by atoms with Crippen molar-refractivity contribution in [1.82, 2.24) is 5.32 Å². The lowest BCUT2D eigenvalue weighted by atomic mass is 10.0. The SMILES string of the molecule is CSc1ccc(C(C#N)NC(C)c2ccccc2)cc1. The Morgan fingerprint density at radius 3 is 2.20 bits per heavy atom. The topological polar surface area (TPSA) is 35.8 Å². The van der Waals surface area contributed by atoms with Crippen molar-refractivity contribution in [1.29, 1.82) is 5.26 Å². The second-order valence-corrected chi connectivity index (χ2v) is 5.51. The van der Waals surface area contributed by atoms with Crippen LogP contribution in [0.1, 0.15) is 30.1 Å². The monoisotopic (exact) mass is 282 g/mol. The molecule has 0 saturated heterocycles. The Morgan fingerprint density at radius 2 is 1.65 bits per heavy atom. The summed E-state index contributed by atoms with van der Waals surface area (Å²) in [5, 5.41) is 12.8. The van der Waals surface area contributed by atoms with Gasteiger partial charge in [-0.2, -0.15) is 5.26 Å². The van der Waals surface area contributed by atoms with Crippen LogP contribution in [0, 0.1) is 11.3 Å². The van der Waals surface area contributed by atoms with Gasteiger partial charge in [0, 0.05) is 10.9 Å². The molecule has 0 heterocycles. The van der Waals surface area contributed by atoms with Crippen LogP contribution in [-0.4, -0.2) is 6.26 Å². The molecular formula is C17H18N2S. The first kappa shape index (κ1) is 14.6. The summed E-state index contributed by atoms with van der Waals surface area (Å²) in [6, 6.07) is 20.5. The molecule has 102 valence electrons. The maximum Gasteiger partial charge on any atom is 0.121 e. The second kappa shape index (κ2) is 7.14. The number of hydrogen-bond donors (Lipinski definition) is 1. The van der Waals surface area contributed by atoms with Crippen molar-refractivity contribution < 1.29 is 0 Å².